The molecule has 0 spiro atoms. The minimum atomic E-state index is 0.351. The molecule has 0 aromatic carbocycles. The molecule has 1 fully saturated rings. The van der Waals surface area contributed by atoms with Gasteiger partial charge in [0, 0.05) is 24.4 Å². The Balaban J connectivity index is 2.10. The Bertz CT molecular complexity index is 323. The van der Waals surface area contributed by atoms with Gasteiger partial charge in [-0.25, -0.2) is 0 Å². The first-order chi connectivity index (χ1) is 7.79. The number of aromatic nitrogens is 1. The minimum Gasteiger partial charge on any atom is -0.316 e. The first kappa shape index (κ1) is 11.6. The Morgan fingerprint density at radius 1 is 1.56 bits per heavy atom. The number of hydrogen-bond donors (Lipinski definition) is 1. The van der Waals surface area contributed by atoms with E-state index in [0.29, 0.717) is 5.41 Å². The average Bonchev–Trinajstić information content (AvgIpc) is 2.34. The molecule has 2 heteroatoms. The fourth-order valence-electron chi connectivity index (χ4n) is 2.72. The summed E-state index contributed by atoms with van der Waals surface area (Å²) in [6.07, 6.45) is 7.76. The van der Waals surface area contributed by atoms with Gasteiger partial charge in [-0.15, -0.1) is 0 Å². The van der Waals surface area contributed by atoms with Crippen LogP contribution in [0.1, 0.15) is 38.7 Å². The van der Waals surface area contributed by atoms with E-state index in [1.165, 1.54) is 24.8 Å². The van der Waals surface area contributed by atoms with E-state index in [1.807, 2.05) is 12.4 Å². The molecule has 0 amide bonds. The molecule has 88 valence electrons. The zero-order valence-corrected chi connectivity index (χ0v) is 10.4. The van der Waals surface area contributed by atoms with Crippen molar-refractivity contribution in [2.45, 2.75) is 38.5 Å². The lowest BCUT2D eigenvalue weighted by molar-refractivity contribution is 0.134. The maximum atomic E-state index is 4.27. The highest BCUT2D eigenvalue weighted by molar-refractivity contribution is 5.27. The Morgan fingerprint density at radius 2 is 2.44 bits per heavy atom. The molecule has 1 N–H and O–H groups in total. The van der Waals surface area contributed by atoms with Gasteiger partial charge in [0.1, 0.15) is 0 Å². The summed E-state index contributed by atoms with van der Waals surface area (Å²) in [7, 11) is 0. The summed E-state index contributed by atoms with van der Waals surface area (Å²) in [5, 5.41) is 3.58. The van der Waals surface area contributed by atoms with Crippen LogP contribution in [0.15, 0.2) is 24.5 Å². The van der Waals surface area contributed by atoms with Gasteiger partial charge in [-0.1, -0.05) is 19.9 Å². The van der Waals surface area contributed by atoms with Crippen molar-refractivity contribution in [3.05, 3.63) is 30.1 Å². The second kappa shape index (κ2) is 4.96. The fourth-order valence-corrected chi connectivity index (χ4v) is 2.72. The van der Waals surface area contributed by atoms with Crippen LogP contribution in [-0.2, 0) is 5.41 Å². The highest BCUT2D eigenvalue weighted by Crippen LogP contribution is 2.47. The molecule has 0 saturated heterocycles. The third-order valence-corrected chi connectivity index (χ3v) is 4.07. The standard InChI is InChI=1S/C14H22N2/c1-3-8-16-11-14(7-6-12(14)2)13-5-4-9-15-10-13/h4-5,9-10,12,16H,3,6-8,11H2,1-2H3. The number of pyridine rings is 1. The second-order valence-electron chi connectivity index (χ2n) is 5.01. The van der Waals surface area contributed by atoms with Crippen LogP contribution in [0, 0.1) is 5.92 Å². The van der Waals surface area contributed by atoms with E-state index in [9.17, 15) is 0 Å². The highest BCUT2D eigenvalue weighted by Gasteiger charge is 2.44. The molecule has 1 heterocycles. The molecule has 1 aliphatic rings. The minimum absolute atomic E-state index is 0.351. The number of rotatable bonds is 5. The molecule has 0 bridgehead atoms. The van der Waals surface area contributed by atoms with Crippen molar-refractivity contribution in [3.63, 3.8) is 0 Å². The second-order valence-corrected chi connectivity index (χ2v) is 5.01. The van der Waals surface area contributed by atoms with Crippen LogP contribution in [0.25, 0.3) is 0 Å². The zero-order valence-electron chi connectivity index (χ0n) is 10.4. The molecule has 2 nitrogen and oxygen atoms in total. The zero-order chi connectivity index (χ0) is 11.4. The van der Waals surface area contributed by atoms with Gasteiger partial charge >= 0.3 is 0 Å². The van der Waals surface area contributed by atoms with E-state index in [0.717, 1.165) is 19.0 Å². The average molecular weight is 218 g/mol. The van der Waals surface area contributed by atoms with Crippen molar-refractivity contribution < 1.29 is 0 Å². The summed E-state index contributed by atoms with van der Waals surface area (Å²) < 4.78 is 0. The van der Waals surface area contributed by atoms with Crippen molar-refractivity contribution in [2.75, 3.05) is 13.1 Å². The van der Waals surface area contributed by atoms with Crippen LogP contribution in [0.2, 0.25) is 0 Å². The number of hydrogen-bond acceptors (Lipinski definition) is 2. The Kier molecular flexibility index (Phi) is 3.59. The molecule has 16 heavy (non-hydrogen) atoms. The van der Waals surface area contributed by atoms with Gasteiger partial charge in [0.05, 0.1) is 0 Å². The summed E-state index contributed by atoms with van der Waals surface area (Å²) in [5.41, 5.74) is 1.76. The number of nitrogens with one attached hydrogen (secondary N) is 1. The quantitative estimate of drug-likeness (QED) is 0.769. The largest absolute Gasteiger partial charge is 0.316 e. The summed E-state index contributed by atoms with van der Waals surface area (Å²) in [4.78, 5) is 4.27. The predicted molar refractivity (Wildman–Crippen MR) is 67.5 cm³/mol. The van der Waals surface area contributed by atoms with E-state index < -0.39 is 0 Å². The first-order valence-corrected chi connectivity index (χ1v) is 6.41. The maximum absolute atomic E-state index is 4.27. The summed E-state index contributed by atoms with van der Waals surface area (Å²) >= 11 is 0. The van der Waals surface area contributed by atoms with Crippen molar-refractivity contribution in [2.24, 2.45) is 5.92 Å². The van der Waals surface area contributed by atoms with Gasteiger partial charge < -0.3 is 5.32 Å². The van der Waals surface area contributed by atoms with E-state index in [-0.39, 0.29) is 0 Å². The number of nitrogens with zero attached hydrogens (tertiary/aromatic N) is 1. The van der Waals surface area contributed by atoms with E-state index in [4.69, 9.17) is 0 Å². The summed E-state index contributed by atoms with van der Waals surface area (Å²) in [5.74, 6) is 0.779. The van der Waals surface area contributed by atoms with Crippen LogP contribution in [0.5, 0.6) is 0 Å². The summed E-state index contributed by atoms with van der Waals surface area (Å²) in [6.45, 7) is 6.81. The van der Waals surface area contributed by atoms with Gasteiger partial charge in [0.2, 0.25) is 0 Å². The molecule has 0 aliphatic heterocycles. The molecule has 1 aromatic rings. The molecule has 1 aliphatic carbocycles. The van der Waals surface area contributed by atoms with Crippen LogP contribution in [0.4, 0.5) is 0 Å². The lowest BCUT2D eigenvalue weighted by Crippen LogP contribution is -2.50. The highest BCUT2D eigenvalue weighted by atomic mass is 14.9. The van der Waals surface area contributed by atoms with Crippen molar-refractivity contribution in [1.82, 2.24) is 10.3 Å². The van der Waals surface area contributed by atoms with E-state index in [2.05, 4.69) is 36.3 Å². The van der Waals surface area contributed by atoms with Crippen LogP contribution >= 0.6 is 0 Å². The van der Waals surface area contributed by atoms with Crippen LogP contribution in [-0.4, -0.2) is 18.1 Å². The topological polar surface area (TPSA) is 24.9 Å². The lowest BCUT2D eigenvalue weighted by atomic mass is 9.57. The molecule has 2 rings (SSSR count). The Morgan fingerprint density at radius 3 is 2.94 bits per heavy atom. The SMILES string of the molecule is CCCNCC1(c2cccnc2)CCC1C. The van der Waals surface area contributed by atoms with Gasteiger partial charge in [0.15, 0.2) is 0 Å². The molecule has 0 radical (unpaired) electrons. The third kappa shape index (κ3) is 1.99. The normalized spacial score (nSPS) is 28.8. The van der Waals surface area contributed by atoms with Crippen molar-refractivity contribution >= 4 is 0 Å². The monoisotopic (exact) mass is 218 g/mol. The van der Waals surface area contributed by atoms with Crippen molar-refractivity contribution in [1.29, 1.82) is 0 Å². The Labute approximate surface area is 98.5 Å². The van der Waals surface area contributed by atoms with Gasteiger partial charge in [0.25, 0.3) is 0 Å². The van der Waals surface area contributed by atoms with E-state index in [1.54, 1.807) is 0 Å². The van der Waals surface area contributed by atoms with Gasteiger partial charge in [-0.3, -0.25) is 4.98 Å². The van der Waals surface area contributed by atoms with Crippen molar-refractivity contribution in [3.8, 4) is 0 Å². The third-order valence-electron chi connectivity index (χ3n) is 4.07. The summed E-state index contributed by atoms with van der Waals surface area (Å²) in [6, 6.07) is 4.29. The molecular formula is C14H22N2. The van der Waals surface area contributed by atoms with Crippen LogP contribution in [0.3, 0.4) is 0 Å². The Hall–Kier alpha value is -0.890. The van der Waals surface area contributed by atoms with Crippen LogP contribution < -0.4 is 5.32 Å². The van der Waals surface area contributed by atoms with E-state index >= 15 is 0 Å². The molecule has 1 saturated carbocycles. The molecule has 2 unspecified atom stereocenters. The maximum Gasteiger partial charge on any atom is 0.0306 e. The van der Waals surface area contributed by atoms with Gasteiger partial charge in [-0.2, -0.15) is 0 Å². The molecule has 1 aromatic heterocycles. The molecule has 2 atom stereocenters. The van der Waals surface area contributed by atoms with Gasteiger partial charge in [-0.05, 0) is 43.4 Å². The first-order valence-electron chi connectivity index (χ1n) is 6.41. The predicted octanol–water partition coefficient (Wildman–Crippen LogP) is 2.75. The fraction of sp³-hybridized carbons (Fsp3) is 0.643. The molecular weight excluding hydrogens is 196 g/mol. The smallest absolute Gasteiger partial charge is 0.0306 e. The lowest BCUT2D eigenvalue weighted by Gasteiger charge is -2.49.